The molecule has 8 rings (SSSR count). The first-order valence-corrected chi connectivity index (χ1v) is 12.6. The minimum absolute atomic E-state index is 1.04. The molecular weight excluding hydrogens is 446 g/mol. The van der Waals surface area contributed by atoms with Crippen LogP contribution in [-0.2, 0) is 0 Å². The zero-order valence-electron chi connectivity index (χ0n) is 18.7. The van der Waals surface area contributed by atoms with E-state index in [4.69, 9.17) is 4.98 Å². The molecule has 164 valence electrons. The Morgan fingerprint density at radius 3 is 2.03 bits per heavy atom. The molecule has 0 fully saturated rings. The van der Waals surface area contributed by atoms with E-state index in [9.17, 15) is 0 Å². The van der Waals surface area contributed by atoms with Gasteiger partial charge in [-0.25, -0.2) is 4.98 Å². The van der Waals surface area contributed by atoms with Crippen molar-refractivity contribution in [2.45, 2.75) is 0 Å². The predicted molar refractivity (Wildman–Crippen MR) is 148 cm³/mol. The number of fused-ring (bicyclic) bond motifs is 8. The number of para-hydroxylation sites is 4. The Hall–Kier alpha value is -4.41. The molecule has 3 aromatic heterocycles. The molecule has 0 saturated heterocycles. The summed E-state index contributed by atoms with van der Waals surface area (Å²) in [7, 11) is 0. The molecule has 0 spiro atoms. The molecular formula is C31H19N3S. The lowest BCUT2D eigenvalue weighted by atomic mass is 10.0. The van der Waals surface area contributed by atoms with Crippen LogP contribution in [0.5, 0.6) is 0 Å². The molecule has 0 aliphatic rings. The van der Waals surface area contributed by atoms with E-state index in [1.54, 1.807) is 11.3 Å². The minimum Gasteiger partial charge on any atom is -0.309 e. The molecule has 0 unspecified atom stereocenters. The van der Waals surface area contributed by atoms with Crippen molar-refractivity contribution in [1.82, 2.24) is 14.0 Å². The van der Waals surface area contributed by atoms with E-state index >= 15 is 0 Å². The highest BCUT2D eigenvalue weighted by molar-refractivity contribution is 7.23. The van der Waals surface area contributed by atoms with Crippen molar-refractivity contribution in [1.29, 1.82) is 0 Å². The summed E-state index contributed by atoms with van der Waals surface area (Å²) in [6.45, 7) is 0. The lowest BCUT2D eigenvalue weighted by molar-refractivity contribution is 1.18. The Balaban J connectivity index is 1.35. The van der Waals surface area contributed by atoms with Crippen LogP contribution >= 0.6 is 11.3 Å². The van der Waals surface area contributed by atoms with E-state index in [0.29, 0.717) is 0 Å². The summed E-state index contributed by atoms with van der Waals surface area (Å²) >= 11 is 1.74. The third-order valence-electron chi connectivity index (χ3n) is 6.95. The quantitative estimate of drug-likeness (QED) is 0.251. The van der Waals surface area contributed by atoms with Gasteiger partial charge < -0.3 is 4.57 Å². The maximum absolute atomic E-state index is 4.84. The summed E-state index contributed by atoms with van der Waals surface area (Å²) in [5, 5.41) is 2.56. The highest BCUT2D eigenvalue weighted by atomic mass is 32.1. The maximum Gasteiger partial charge on any atom is 0.195 e. The zero-order valence-corrected chi connectivity index (χ0v) is 19.5. The van der Waals surface area contributed by atoms with Crippen molar-refractivity contribution in [3.05, 3.63) is 115 Å². The first-order valence-electron chi connectivity index (χ1n) is 11.7. The zero-order chi connectivity index (χ0) is 22.9. The highest BCUT2D eigenvalue weighted by Gasteiger charge is 2.14. The molecule has 35 heavy (non-hydrogen) atoms. The monoisotopic (exact) mass is 465 g/mol. The van der Waals surface area contributed by atoms with E-state index in [0.717, 1.165) is 16.0 Å². The summed E-state index contributed by atoms with van der Waals surface area (Å²) in [5.74, 6) is 0. The number of imidazole rings is 1. The van der Waals surface area contributed by atoms with Crippen LogP contribution in [0.15, 0.2) is 115 Å². The number of hydrogen-bond acceptors (Lipinski definition) is 2. The fraction of sp³-hybridized carbons (Fsp3) is 0. The van der Waals surface area contributed by atoms with Crippen molar-refractivity contribution in [2.75, 3.05) is 0 Å². The number of nitrogens with zero attached hydrogens (tertiary/aromatic N) is 3. The summed E-state index contributed by atoms with van der Waals surface area (Å²) in [6, 6.07) is 41.3. The van der Waals surface area contributed by atoms with Crippen LogP contribution in [0.1, 0.15) is 0 Å². The fourth-order valence-electron chi connectivity index (χ4n) is 5.39. The van der Waals surface area contributed by atoms with Gasteiger partial charge in [0.15, 0.2) is 4.96 Å². The smallest absolute Gasteiger partial charge is 0.195 e. The Morgan fingerprint density at radius 1 is 0.543 bits per heavy atom. The molecule has 0 N–H and O–H groups in total. The third-order valence-corrected chi connectivity index (χ3v) is 7.97. The van der Waals surface area contributed by atoms with E-state index < -0.39 is 0 Å². The predicted octanol–water partition coefficient (Wildman–Crippen LogP) is 8.47. The standard InChI is InChI=1S/C31H19N3S/c1-4-13-26-23(10-1)24-11-2-5-14-27(24)33(26)22-9-7-8-20(18-22)21-16-17-30-29(19-21)34-28-15-6-3-12-25(28)32-31(34)35-30/h1-19H. The molecule has 0 atom stereocenters. The van der Waals surface area contributed by atoms with Crippen molar-refractivity contribution in [2.24, 2.45) is 0 Å². The lowest BCUT2D eigenvalue weighted by Crippen LogP contribution is -1.94. The number of hydrogen-bond donors (Lipinski definition) is 0. The number of rotatable bonds is 2. The number of aromatic nitrogens is 3. The molecule has 0 saturated carbocycles. The Bertz CT molecular complexity index is 2020. The lowest BCUT2D eigenvalue weighted by Gasteiger charge is -2.10. The van der Waals surface area contributed by atoms with Gasteiger partial charge in [0.1, 0.15) is 0 Å². The van der Waals surface area contributed by atoms with Crippen LogP contribution in [-0.4, -0.2) is 14.0 Å². The van der Waals surface area contributed by atoms with Crippen LogP contribution < -0.4 is 0 Å². The molecule has 3 nitrogen and oxygen atoms in total. The Labute approximate surface area is 205 Å². The van der Waals surface area contributed by atoms with Crippen molar-refractivity contribution in [3.8, 4) is 16.8 Å². The van der Waals surface area contributed by atoms with E-state index in [-0.39, 0.29) is 0 Å². The first kappa shape index (κ1) is 19.0. The van der Waals surface area contributed by atoms with Crippen molar-refractivity contribution >= 4 is 59.4 Å². The largest absolute Gasteiger partial charge is 0.309 e. The second-order valence-electron chi connectivity index (χ2n) is 8.92. The van der Waals surface area contributed by atoms with Gasteiger partial charge in [-0.05, 0) is 59.7 Å². The van der Waals surface area contributed by atoms with Gasteiger partial charge in [0.25, 0.3) is 0 Å². The second kappa shape index (κ2) is 7.05. The average molecular weight is 466 g/mol. The van der Waals surface area contributed by atoms with E-state index in [1.165, 1.54) is 48.8 Å². The molecule has 0 aliphatic carbocycles. The Kier molecular flexibility index (Phi) is 3.82. The molecule has 8 aromatic rings. The molecule has 0 bridgehead atoms. The van der Waals surface area contributed by atoms with Gasteiger partial charge in [-0.1, -0.05) is 78.1 Å². The van der Waals surface area contributed by atoms with Crippen molar-refractivity contribution in [3.63, 3.8) is 0 Å². The van der Waals surface area contributed by atoms with Gasteiger partial charge in [-0.2, -0.15) is 0 Å². The summed E-state index contributed by atoms with van der Waals surface area (Å²) in [5.41, 5.74) is 9.44. The van der Waals surface area contributed by atoms with Gasteiger partial charge in [-0.3, -0.25) is 4.40 Å². The third kappa shape index (κ3) is 2.69. The van der Waals surface area contributed by atoms with E-state index in [2.05, 4.69) is 118 Å². The Morgan fingerprint density at radius 2 is 1.23 bits per heavy atom. The summed E-state index contributed by atoms with van der Waals surface area (Å²) < 4.78 is 5.91. The second-order valence-corrected chi connectivity index (χ2v) is 9.93. The molecule has 4 heteroatoms. The molecule has 0 radical (unpaired) electrons. The molecule has 3 heterocycles. The summed E-state index contributed by atoms with van der Waals surface area (Å²) in [4.78, 5) is 5.88. The maximum atomic E-state index is 4.84. The van der Waals surface area contributed by atoms with Crippen LogP contribution in [0.3, 0.4) is 0 Å². The number of thiazole rings is 1. The first-order chi connectivity index (χ1) is 17.3. The van der Waals surface area contributed by atoms with Crippen LogP contribution in [0.25, 0.3) is 64.8 Å². The van der Waals surface area contributed by atoms with Crippen LogP contribution in [0, 0.1) is 0 Å². The highest BCUT2D eigenvalue weighted by Crippen LogP contribution is 2.35. The normalized spacial score (nSPS) is 12.0. The topological polar surface area (TPSA) is 22.2 Å². The SMILES string of the molecule is c1cc(-c2ccc3sc4nc5ccccc5n4c3c2)cc(-n2c3ccccc3c3ccccc32)c1. The van der Waals surface area contributed by atoms with Crippen LogP contribution in [0.4, 0.5) is 0 Å². The molecule has 0 amide bonds. The number of benzene rings is 5. The van der Waals surface area contributed by atoms with Gasteiger partial charge >= 0.3 is 0 Å². The van der Waals surface area contributed by atoms with Gasteiger partial charge in [-0.15, -0.1) is 0 Å². The summed E-state index contributed by atoms with van der Waals surface area (Å²) in [6.07, 6.45) is 0. The van der Waals surface area contributed by atoms with Crippen molar-refractivity contribution < 1.29 is 0 Å². The van der Waals surface area contributed by atoms with Gasteiger partial charge in [0.2, 0.25) is 0 Å². The van der Waals surface area contributed by atoms with Gasteiger partial charge in [0.05, 0.1) is 32.3 Å². The minimum atomic E-state index is 1.04. The fourth-order valence-corrected chi connectivity index (χ4v) is 6.41. The van der Waals surface area contributed by atoms with Crippen LogP contribution in [0.2, 0.25) is 0 Å². The van der Waals surface area contributed by atoms with E-state index in [1.807, 2.05) is 6.07 Å². The molecule has 0 aliphatic heterocycles. The average Bonchev–Trinajstić information content (AvgIpc) is 3.56. The van der Waals surface area contributed by atoms with Gasteiger partial charge in [0, 0.05) is 16.5 Å². The molecule has 5 aromatic carbocycles.